The number of hydrogen-bond acceptors (Lipinski definition) is 5. The molecule has 0 aliphatic carbocycles. The Morgan fingerprint density at radius 1 is 0.788 bits per heavy atom. The maximum absolute atomic E-state index is 6.36. The molecule has 0 spiro atoms. The number of aromatic nitrogens is 3. The smallest absolute Gasteiger partial charge is 0.223 e. The van der Waals surface area contributed by atoms with Crippen molar-refractivity contribution in [2.75, 3.05) is 11.9 Å². The molecule has 162 valence electrons. The Labute approximate surface area is 193 Å². The molecule has 5 aromatic rings. The van der Waals surface area contributed by atoms with Crippen molar-refractivity contribution in [1.29, 1.82) is 0 Å². The highest BCUT2D eigenvalue weighted by Gasteiger charge is 2.14. The van der Waals surface area contributed by atoms with E-state index in [0.29, 0.717) is 12.5 Å². The van der Waals surface area contributed by atoms with E-state index in [1.165, 1.54) is 16.3 Å². The molecule has 33 heavy (non-hydrogen) atoms. The van der Waals surface area contributed by atoms with Gasteiger partial charge in [-0.2, -0.15) is 0 Å². The normalized spacial score (nSPS) is 11.9. The molecule has 0 bridgehead atoms. The quantitative estimate of drug-likeness (QED) is 0.364. The minimum Gasteiger partial charge on any atom is -0.353 e. The average molecular weight is 432 g/mol. The number of fused-ring (bicyclic) bond motifs is 1. The highest BCUT2D eigenvalue weighted by Crippen LogP contribution is 2.35. The van der Waals surface area contributed by atoms with Crippen molar-refractivity contribution in [3.63, 3.8) is 0 Å². The maximum Gasteiger partial charge on any atom is 0.223 e. The molecule has 0 aliphatic heterocycles. The van der Waals surface area contributed by atoms with Gasteiger partial charge in [0, 0.05) is 42.3 Å². The summed E-state index contributed by atoms with van der Waals surface area (Å²) in [6.45, 7) is 0.582. The lowest BCUT2D eigenvalue weighted by molar-refractivity contribution is 0.696. The zero-order valence-corrected chi connectivity index (χ0v) is 18.2. The van der Waals surface area contributed by atoms with E-state index >= 15 is 0 Å². The molecule has 0 aliphatic rings. The molecule has 0 saturated heterocycles. The van der Waals surface area contributed by atoms with Crippen molar-refractivity contribution in [3.05, 3.63) is 109 Å². The van der Waals surface area contributed by atoms with Crippen LogP contribution in [0, 0.1) is 0 Å². The molecule has 3 aromatic carbocycles. The van der Waals surface area contributed by atoms with Crippen LogP contribution in [0.4, 0.5) is 5.95 Å². The van der Waals surface area contributed by atoms with Gasteiger partial charge in [-0.3, -0.25) is 4.98 Å². The minimum absolute atomic E-state index is 0.0434. The number of nitrogens with one attached hydrogen (secondary N) is 1. The summed E-state index contributed by atoms with van der Waals surface area (Å²) >= 11 is 0. The van der Waals surface area contributed by atoms with Gasteiger partial charge in [0.1, 0.15) is 0 Å². The molecular formula is C28H25N5. The Morgan fingerprint density at radius 3 is 2.39 bits per heavy atom. The van der Waals surface area contributed by atoms with Gasteiger partial charge < -0.3 is 11.1 Å². The van der Waals surface area contributed by atoms with Crippen LogP contribution in [0.3, 0.4) is 0 Å². The van der Waals surface area contributed by atoms with Crippen LogP contribution in [0.1, 0.15) is 5.56 Å². The Balaban J connectivity index is 1.47. The molecule has 0 unspecified atom stereocenters. The molecular weight excluding hydrogens is 406 g/mol. The Hall–Kier alpha value is -4.09. The molecule has 2 heterocycles. The standard InChI is InChI=1S/C28H25N5/c29-23(17-20-7-2-1-3-8-20)18-31-28-32-19-26(27(33-28)22-13-15-30-16-14-22)25-12-6-10-21-9-4-5-11-24(21)25/h1-16,19,23H,17-18,29H2,(H,31,32,33)/t23-/m0/s1. The van der Waals surface area contributed by atoms with Gasteiger partial charge in [-0.1, -0.05) is 72.8 Å². The average Bonchev–Trinajstić information content (AvgIpc) is 2.88. The van der Waals surface area contributed by atoms with Crippen LogP contribution < -0.4 is 11.1 Å². The van der Waals surface area contributed by atoms with Gasteiger partial charge >= 0.3 is 0 Å². The molecule has 1 atom stereocenters. The number of benzene rings is 3. The summed E-state index contributed by atoms with van der Waals surface area (Å²) in [5.41, 5.74) is 11.5. The Bertz CT molecular complexity index is 1350. The first-order valence-electron chi connectivity index (χ1n) is 11.1. The van der Waals surface area contributed by atoms with Gasteiger partial charge in [-0.15, -0.1) is 0 Å². The highest BCUT2D eigenvalue weighted by molar-refractivity contribution is 5.99. The molecule has 0 fully saturated rings. The lowest BCUT2D eigenvalue weighted by atomic mass is 9.96. The number of anilines is 1. The summed E-state index contributed by atoms with van der Waals surface area (Å²) in [5, 5.41) is 5.68. The van der Waals surface area contributed by atoms with Crippen LogP contribution in [0.5, 0.6) is 0 Å². The molecule has 2 aromatic heterocycles. The van der Waals surface area contributed by atoms with E-state index in [-0.39, 0.29) is 6.04 Å². The van der Waals surface area contributed by atoms with E-state index in [1.807, 2.05) is 36.5 Å². The number of hydrogen-bond donors (Lipinski definition) is 2. The number of nitrogens with zero attached hydrogens (tertiary/aromatic N) is 3. The number of nitrogens with two attached hydrogens (primary N) is 1. The second-order valence-corrected chi connectivity index (χ2v) is 8.05. The SMILES string of the molecule is N[C@H](CNc1ncc(-c2cccc3ccccc23)c(-c2ccncc2)n1)Cc1ccccc1. The van der Waals surface area contributed by atoms with Gasteiger partial charge in [0.05, 0.1) is 5.69 Å². The maximum atomic E-state index is 6.36. The largest absolute Gasteiger partial charge is 0.353 e. The molecule has 5 nitrogen and oxygen atoms in total. The predicted octanol–water partition coefficient (Wildman–Crippen LogP) is 5.34. The fourth-order valence-electron chi connectivity index (χ4n) is 4.07. The van der Waals surface area contributed by atoms with Crippen molar-refractivity contribution in [3.8, 4) is 22.4 Å². The third-order valence-corrected chi connectivity index (χ3v) is 5.69. The van der Waals surface area contributed by atoms with E-state index in [1.54, 1.807) is 12.4 Å². The van der Waals surface area contributed by atoms with Gasteiger partial charge in [-0.25, -0.2) is 9.97 Å². The second-order valence-electron chi connectivity index (χ2n) is 8.05. The molecule has 3 N–H and O–H groups in total. The Kier molecular flexibility index (Phi) is 6.04. The second kappa shape index (κ2) is 9.59. The lowest BCUT2D eigenvalue weighted by Crippen LogP contribution is -2.31. The number of rotatable bonds is 7. The van der Waals surface area contributed by atoms with Crippen LogP contribution in [-0.2, 0) is 6.42 Å². The van der Waals surface area contributed by atoms with Crippen molar-refractivity contribution < 1.29 is 0 Å². The summed E-state index contributed by atoms with van der Waals surface area (Å²) in [5.74, 6) is 0.564. The van der Waals surface area contributed by atoms with Crippen LogP contribution in [0.15, 0.2) is 104 Å². The Morgan fingerprint density at radius 2 is 1.55 bits per heavy atom. The zero-order valence-electron chi connectivity index (χ0n) is 18.2. The fourth-order valence-corrected chi connectivity index (χ4v) is 4.07. The van der Waals surface area contributed by atoms with Crippen molar-refractivity contribution in [1.82, 2.24) is 15.0 Å². The van der Waals surface area contributed by atoms with E-state index in [4.69, 9.17) is 10.7 Å². The molecule has 0 amide bonds. The molecule has 5 rings (SSSR count). The summed E-state index contributed by atoms with van der Waals surface area (Å²) in [7, 11) is 0. The molecule has 0 radical (unpaired) electrons. The lowest BCUT2D eigenvalue weighted by Gasteiger charge is -2.16. The van der Waals surface area contributed by atoms with E-state index in [9.17, 15) is 0 Å². The van der Waals surface area contributed by atoms with E-state index < -0.39 is 0 Å². The third kappa shape index (κ3) is 4.73. The summed E-state index contributed by atoms with van der Waals surface area (Å²) < 4.78 is 0. The minimum atomic E-state index is -0.0434. The third-order valence-electron chi connectivity index (χ3n) is 5.69. The van der Waals surface area contributed by atoms with E-state index in [2.05, 4.69) is 69.9 Å². The van der Waals surface area contributed by atoms with Crippen LogP contribution in [0.2, 0.25) is 0 Å². The van der Waals surface area contributed by atoms with Crippen LogP contribution in [0.25, 0.3) is 33.2 Å². The van der Waals surface area contributed by atoms with Gasteiger partial charge in [0.25, 0.3) is 0 Å². The van der Waals surface area contributed by atoms with Gasteiger partial charge in [-0.05, 0) is 40.5 Å². The summed E-state index contributed by atoms with van der Waals surface area (Å²) in [6.07, 6.45) is 6.26. The first kappa shape index (κ1) is 20.8. The summed E-state index contributed by atoms with van der Waals surface area (Å²) in [6, 6.07) is 28.9. The van der Waals surface area contributed by atoms with Gasteiger partial charge in [0.2, 0.25) is 5.95 Å². The predicted molar refractivity (Wildman–Crippen MR) is 135 cm³/mol. The highest BCUT2D eigenvalue weighted by atomic mass is 15.1. The monoisotopic (exact) mass is 431 g/mol. The topological polar surface area (TPSA) is 76.7 Å². The van der Waals surface area contributed by atoms with Crippen molar-refractivity contribution >= 4 is 16.7 Å². The summed E-state index contributed by atoms with van der Waals surface area (Å²) in [4.78, 5) is 13.7. The number of pyridine rings is 1. The molecule has 5 heteroatoms. The van der Waals surface area contributed by atoms with Gasteiger partial charge in [0.15, 0.2) is 0 Å². The van der Waals surface area contributed by atoms with Crippen LogP contribution >= 0.6 is 0 Å². The van der Waals surface area contributed by atoms with Crippen LogP contribution in [-0.4, -0.2) is 27.5 Å². The first-order valence-corrected chi connectivity index (χ1v) is 11.1. The fraction of sp³-hybridized carbons (Fsp3) is 0.107. The zero-order chi connectivity index (χ0) is 22.5. The molecule has 0 saturated carbocycles. The van der Waals surface area contributed by atoms with Crippen molar-refractivity contribution in [2.24, 2.45) is 5.73 Å². The first-order chi connectivity index (χ1) is 16.3. The van der Waals surface area contributed by atoms with E-state index in [0.717, 1.165) is 28.8 Å². The van der Waals surface area contributed by atoms with Crippen molar-refractivity contribution in [2.45, 2.75) is 12.5 Å².